The molecule has 10 heavy (non-hydrogen) atoms. The van der Waals surface area contributed by atoms with Crippen LogP contribution in [0, 0.1) is 0 Å². The molecular weight excluding hydrogens is 120 g/mol. The molecule has 0 heterocycles. The summed E-state index contributed by atoms with van der Waals surface area (Å²) in [6.07, 6.45) is 10.9. The molecule has 0 aliphatic carbocycles. The van der Waals surface area contributed by atoms with Gasteiger partial charge >= 0.3 is 0 Å². The Morgan fingerprint density at radius 1 is 1.00 bits per heavy atom. The van der Waals surface area contributed by atoms with Crippen LogP contribution in [-0.2, 0) is 0 Å². The van der Waals surface area contributed by atoms with Crippen molar-refractivity contribution in [3.63, 3.8) is 0 Å². The Morgan fingerprint density at radius 3 is 2.10 bits per heavy atom. The Balaban J connectivity index is 4.20. The summed E-state index contributed by atoms with van der Waals surface area (Å²) in [5, 5.41) is 0. The highest BCUT2D eigenvalue weighted by Crippen LogP contribution is 1.97. The molecule has 0 unspecified atom stereocenters. The molecule has 52 valence electrons. The van der Waals surface area contributed by atoms with E-state index in [1.165, 1.54) is 0 Å². The standard InChI is InChI=1S/C10H12/c1-4-7-9-10(6-3)8-5-2/h4-9H,1-3H2/b9-7-,10-8-. The van der Waals surface area contributed by atoms with Crippen LogP contribution in [0.1, 0.15) is 0 Å². The van der Waals surface area contributed by atoms with E-state index in [1.54, 1.807) is 18.2 Å². The van der Waals surface area contributed by atoms with Crippen LogP contribution in [0.2, 0.25) is 0 Å². The van der Waals surface area contributed by atoms with E-state index < -0.39 is 0 Å². The van der Waals surface area contributed by atoms with Gasteiger partial charge in [0.2, 0.25) is 0 Å². The second kappa shape index (κ2) is 5.83. The third kappa shape index (κ3) is 3.67. The molecule has 0 amide bonds. The predicted molar refractivity (Wildman–Crippen MR) is 47.8 cm³/mol. The summed E-state index contributed by atoms with van der Waals surface area (Å²) in [5.41, 5.74) is 1.04. The summed E-state index contributed by atoms with van der Waals surface area (Å²) in [6, 6.07) is 0. The average Bonchev–Trinajstić information content (AvgIpc) is 1.98. The van der Waals surface area contributed by atoms with Crippen molar-refractivity contribution in [2.45, 2.75) is 0 Å². The van der Waals surface area contributed by atoms with Gasteiger partial charge in [0.25, 0.3) is 0 Å². The minimum absolute atomic E-state index is 1.04. The van der Waals surface area contributed by atoms with E-state index in [-0.39, 0.29) is 0 Å². The maximum atomic E-state index is 3.63. The quantitative estimate of drug-likeness (QED) is 0.516. The first-order valence-corrected chi connectivity index (χ1v) is 3.09. The van der Waals surface area contributed by atoms with E-state index in [0.717, 1.165) is 5.57 Å². The summed E-state index contributed by atoms with van der Waals surface area (Å²) >= 11 is 0. The minimum atomic E-state index is 1.04. The molecule has 0 atom stereocenters. The van der Waals surface area contributed by atoms with Crippen molar-refractivity contribution in [2.24, 2.45) is 0 Å². The van der Waals surface area contributed by atoms with Gasteiger partial charge in [0, 0.05) is 0 Å². The van der Waals surface area contributed by atoms with Gasteiger partial charge in [-0.05, 0) is 5.57 Å². The van der Waals surface area contributed by atoms with Crippen LogP contribution in [0.15, 0.2) is 61.8 Å². The van der Waals surface area contributed by atoms with Crippen LogP contribution in [0.3, 0.4) is 0 Å². The number of hydrogen-bond donors (Lipinski definition) is 0. The molecule has 0 aliphatic rings. The molecule has 0 aromatic heterocycles. The highest BCUT2D eigenvalue weighted by atomic mass is 13.8. The lowest BCUT2D eigenvalue weighted by Crippen LogP contribution is -1.65. The van der Waals surface area contributed by atoms with E-state index in [0.29, 0.717) is 0 Å². The minimum Gasteiger partial charge on any atom is -0.0991 e. The predicted octanol–water partition coefficient (Wildman–Crippen LogP) is 3.03. The molecule has 0 radical (unpaired) electrons. The fraction of sp³-hybridized carbons (Fsp3) is 0. The van der Waals surface area contributed by atoms with Gasteiger partial charge < -0.3 is 0 Å². The molecular formula is C10H12. The molecule has 0 aromatic carbocycles. The lowest BCUT2D eigenvalue weighted by molar-refractivity contribution is 1.70. The Labute approximate surface area is 62.6 Å². The van der Waals surface area contributed by atoms with E-state index in [4.69, 9.17) is 0 Å². The number of hydrogen-bond acceptors (Lipinski definition) is 0. The second-order valence-electron chi connectivity index (χ2n) is 1.70. The molecule has 0 N–H and O–H groups in total. The molecule has 0 fully saturated rings. The summed E-state index contributed by atoms with van der Waals surface area (Å²) in [5.74, 6) is 0. The third-order valence-corrected chi connectivity index (χ3v) is 0.971. The van der Waals surface area contributed by atoms with Gasteiger partial charge in [0.15, 0.2) is 0 Å². The van der Waals surface area contributed by atoms with E-state index in [1.807, 2.05) is 18.2 Å². The van der Waals surface area contributed by atoms with Crippen LogP contribution in [-0.4, -0.2) is 0 Å². The monoisotopic (exact) mass is 132 g/mol. The zero-order chi connectivity index (χ0) is 7.82. The molecule has 0 nitrogen and oxygen atoms in total. The zero-order valence-electron chi connectivity index (χ0n) is 6.09. The van der Waals surface area contributed by atoms with E-state index in [2.05, 4.69) is 19.7 Å². The number of rotatable bonds is 4. The first kappa shape index (κ1) is 8.70. The van der Waals surface area contributed by atoms with Crippen molar-refractivity contribution in [3.05, 3.63) is 61.8 Å². The van der Waals surface area contributed by atoms with E-state index >= 15 is 0 Å². The zero-order valence-corrected chi connectivity index (χ0v) is 6.09. The maximum absolute atomic E-state index is 3.63. The largest absolute Gasteiger partial charge is 0.0991 e. The molecule has 0 rings (SSSR count). The van der Waals surface area contributed by atoms with Gasteiger partial charge in [-0.25, -0.2) is 0 Å². The molecule has 0 saturated carbocycles. The van der Waals surface area contributed by atoms with Crippen molar-refractivity contribution in [1.29, 1.82) is 0 Å². The Kier molecular flexibility index (Phi) is 5.07. The smallest absolute Gasteiger partial charge is 0.0263 e. The summed E-state index contributed by atoms with van der Waals surface area (Å²) < 4.78 is 0. The maximum Gasteiger partial charge on any atom is -0.0263 e. The second-order valence-corrected chi connectivity index (χ2v) is 1.70. The molecule has 0 aliphatic heterocycles. The highest BCUT2D eigenvalue weighted by molar-refractivity contribution is 5.33. The third-order valence-electron chi connectivity index (χ3n) is 0.971. The Bertz CT molecular complexity index is 180. The van der Waals surface area contributed by atoms with Crippen LogP contribution in [0.25, 0.3) is 0 Å². The lowest BCUT2D eigenvalue weighted by atomic mass is 10.2. The van der Waals surface area contributed by atoms with Gasteiger partial charge in [-0.1, -0.05) is 56.2 Å². The summed E-state index contributed by atoms with van der Waals surface area (Å²) in [6.45, 7) is 10.8. The van der Waals surface area contributed by atoms with Crippen molar-refractivity contribution in [1.82, 2.24) is 0 Å². The fourth-order valence-electron chi connectivity index (χ4n) is 0.507. The van der Waals surface area contributed by atoms with Crippen LogP contribution >= 0.6 is 0 Å². The fourth-order valence-corrected chi connectivity index (χ4v) is 0.507. The molecule has 0 aromatic rings. The van der Waals surface area contributed by atoms with Crippen LogP contribution in [0.5, 0.6) is 0 Å². The van der Waals surface area contributed by atoms with Crippen molar-refractivity contribution in [3.8, 4) is 0 Å². The van der Waals surface area contributed by atoms with Crippen molar-refractivity contribution < 1.29 is 0 Å². The van der Waals surface area contributed by atoms with Gasteiger partial charge in [-0.2, -0.15) is 0 Å². The number of allylic oxidation sites excluding steroid dienone is 7. The molecule has 0 heteroatoms. The van der Waals surface area contributed by atoms with E-state index in [9.17, 15) is 0 Å². The Hall–Kier alpha value is -1.30. The van der Waals surface area contributed by atoms with Gasteiger partial charge in [-0.3, -0.25) is 0 Å². The average molecular weight is 132 g/mol. The van der Waals surface area contributed by atoms with Gasteiger partial charge in [0.1, 0.15) is 0 Å². The molecule has 0 saturated heterocycles. The van der Waals surface area contributed by atoms with Gasteiger partial charge in [0.05, 0.1) is 0 Å². The van der Waals surface area contributed by atoms with Crippen LogP contribution < -0.4 is 0 Å². The summed E-state index contributed by atoms with van der Waals surface area (Å²) in [7, 11) is 0. The van der Waals surface area contributed by atoms with Crippen molar-refractivity contribution >= 4 is 0 Å². The first-order valence-electron chi connectivity index (χ1n) is 3.09. The lowest BCUT2D eigenvalue weighted by Gasteiger charge is -1.86. The van der Waals surface area contributed by atoms with Crippen LogP contribution in [0.4, 0.5) is 0 Å². The Morgan fingerprint density at radius 2 is 1.70 bits per heavy atom. The van der Waals surface area contributed by atoms with Gasteiger partial charge in [-0.15, -0.1) is 0 Å². The molecule has 0 spiro atoms. The SMILES string of the molecule is C=C/C=C\C(C=C)=C/C=C. The topological polar surface area (TPSA) is 0 Å². The van der Waals surface area contributed by atoms with Crippen molar-refractivity contribution in [2.75, 3.05) is 0 Å². The normalized spacial score (nSPS) is 11.4. The first-order chi connectivity index (χ1) is 4.85. The molecule has 0 bridgehead atoms. The summed E-state index contributed by atoms with van der Waals surface area (Å²) in [4.78, 5) is 0. The highest BCUT2D eigenvalue weighted by Gasteiger charge is 1.77.